The molecule has 1 unspecified atom stereocenters. The molecular weight excluding hydrogens is 390 g/mol. The molecule has 1 aliphatic carbocycles. The average molecular weight is 416 g/mol. The lowest BCUT2D eigenvalue weighted by atomic mass is 10.1. The van der Waals surface area contributed by atoms with Crippen molar-refractivity contribution in [3.8, 4) is 0 Å². The predicted octanol–water partition coefficient (Wildman–Crippen LogP) is 2.53. The minimum Gasteiger partial charge on any atom is -0.353 e. The van der Waals surface area contributed by atoms with E-state index in [2.05, 4.69) is 10.6 Å². The summed E-state index contributed by atoms with van der Waals surface area (Å²) in [7, 11) is 0. The van der Waals surface area contributed by atoms with Crippen LogP contribution in [0, 0.1) is 5.92 Å². The van der Waals surface area contributed by atoms with Gasteiger partial charge in [0, 0.05) is 19.0 Å². The van der Waals surface area contributed by atoms with Crippen LogP contribution in [-0.2, 0) is 14.4 Å². The molecule has 154 valence electrons. The first-order valence-corrected chi connectivity index (χ1v) is 10.7. The molecule has 0 spiro atoms. The molecule has 1 saturated heterocycles. The number of hydrogen-bond donors (Lipinski definition) is 2. The number of imide groups is 1. The molecule has 1 aromatic rings. The van der Waals surface area contributed by atoms with Gasteiger partial charge >= 0.3 is 0 Å². The number of amides is 4. The first-order valence-electron chi connectivity index (χ1n) is 9.84. The molecule has 7 nitrogen and oxygen atoms in total. The van der Waals surface area contributed by atoms with Gasteiger partial charge in [-0.15, -0.1) is 0 Å². The Balaban J connectivity index is 1.46. The summed E-state index contributed by atoms with van der Waals surface area (Å²) in [6.45, 7) is 1.86. The zero-order valence-electron chi connectivity index (χ0n) is 16.3. The molecule has 0 aromatic heterocycles. The molecular formula is C21H25N3O4S. The topological polar surface area (TPSA) is 95.6 Å². The summed E-state index contributed by atoms with van der Waals surface area (Å²) in [6, 6.07) is 8.65. The number of nitrogens with one attached hydrogen (secondary N) is 2. The number of rotatable bonds is 7. The highest BCUT2D eigenvalue weighted by atomic mass is 32.2. The molecule has 8 heteroatoms. The first kappa shape index (κ1) is 21.1. The van der Waals surface area contributed by atoms with Crippen molar-refractivity contribution in [1.82, 2.24) is 15.5 Å². The molecule has 0 radical (unpaired) electrons. The summed E-state index contributed by atoms with van der Waals surface area (Å²) < 4.78 is 0. The Morgan fingerprint density at radius 1 is 1.21 bits per heavy atom. The third kappa shape index (κ3) is 5.47. The third-order valence-electron chi connectivity index (χ3n) is 5.08. The van der Waals surface area contributed by atoms with Gasteiger partial charge in [0.25, 0.3) is 11.1 Å². The number of hydrogen-bond acceptors (Lipinski definition) is 5. The molecule has 3 rings (SSSR count). The van der Waals surface area contributed by atoms with Gasteiger partial charge in [0.05, 0.1) is 4.91 Å². The molecule has 2 fully saturated rings. The van der Waals surface area contributed by atoms with Gasteiger partial charge in [-0.3, -0.25) is 24.1 Å². The Morgan fingerprint density at radius 2 is 1.90 bits per heavy atom. The van der Waals surface area contributed by atoms with Gasteiger partial charge in [-0.1, -0.05) is 43.2 Å². The van der Waals surface area contributed by atoms with E-state index in [9.17, 15) is 19.2 Å². The van der Waals surface area contributed by atoms with Crippen molar-refractivity contribution in [1.29, 1.82) is 0 Å². The van der Waals surface area contributed by atoms with Crippen LogP contribution in [0.3, 0.4) is 0 Å². The molecule has 2 N–H and O–H groups in total. The summed E-state index contributed by atoms with van der Waals surface area (Å²) in [5.41, 5.74) is 0.845. The van der Waals surface area contributed by atoms with Crippen molar-refractivity contribution >= 4 is 40.8 Å². The summed E-state index contributed by atoms with van der Waals surface area (Å²) in [5, 5.41) is 5.07. The lowest BCUT2D eigenvalue weighted by Gasteiger charge is -2.18. The summed E-state index contributed by atoms with van der Waals surface area (Å²) in [6.07, 6.45) is 5.53. The highest BCUT2D eigenvalue weighted by molar-refractivity contribution is 8.18. The van der Waals surface area contributed by atoms with E-state index in [0.29, 0.717) is 4.91 Å². The van der Waals surface area contributed by atoms with Crippen LogP contribution in [-0.4, -0.2) is 47.0 Å². The fraction of sp³-hybridized carbons (Fsp3) is 0.429. The number of carbonyl (C=O) groups is 4. The number of benzene rings is 1. The molecule has 2 aliphatic rings. The molecule has 1 aliphatic heterocycles. The Kier molecular flexibility index (Phi) is 7.09. The van der Waals surface area contributed by atoms with Crippen molar-refractivity contribution in [2.45, 2.75) is 38.6 Å². The van der Waals surface area contributed by atoms with Crippen LogP contribution < -0.4 is 10.6 Å². The van der Waals surface area contributed by atoms with Crippen LogP contribution in [0.15, 0.2) is 35.2 Å². The minimum absolute atomic E-state index is 0.00283. The second-order valence-corrected chi connectivity index (χ2v) is 8.24. The van der Waals surface area contributed by atoms with Crippen LogP contribution in [0.5, 0.6) is 0 Å². The van der Waals surface area contributed by atoms with E-state index in [-0.39, 0.29) is 42.0 Å². The molecule has 0 bridgehead atoms. The third-order valence-corrected chi connectivity index (χ3v) is 5.99. The van der Waals surface area contributed by atoms with Gasteiger partial charge in [-0.2, -0.15) is 0 Å². The fourth-order valence-electron chi connectivity index (χ4n) is 3.42. The molecule has 1 heterocycles. The summed E-state index contributed by atoms with van der Waals surface area (Å²) in [4.78, 5) is 50.4. The Hall–Kier alpha value is -2.61. The van der Waals surface area contributed by atoms with Crippen LogP contribution in [0.2, 0.25) is 0 Å². The van der Waals surface area contributed by atoms with Gasteiger partial charge in [0.2, 0.25) is 11.8 Å². The Morgan fingerprint density at radius 3 is 2.59 bits per heavy atom. The molecule has 4 amide bonds. The van der Waals surface area contributed by atoms with E-state index < -0.39 is 6.04 Å². The monoisotopic (exact) mass is 415 g/mol. The second-order valence-electron chi connectivity index (χ2n) is 7.25. The smallest absolute Gasteiger partial charge is 0.293 e. The second kappa shape index (κ2) is 9.73. The highest BCUT2D eigenvalue weighted by Crippen LogP contribution is 2.31. The van der Waals surface area contributed by atoms with Crippen molar-refractivity contribution in [3.05, 3.63) is 40.8 Å². The maximum Gasteiger partial charge on any atom is 0.293 e. The number of thioether (sulfide) groups is 1. The Labute approximate surface area is 174 Å². The van der Waals surface area contributed by atoms with Crippen LogP contribution >= 0.6 is 11.8 Å². The maximum absolute atomic E-state index is 12.5. The number of nitrogens with zero attached hydrogens (tertiary/aromatic N) is 1. The van der Waals surface area contributed by atoms with E-state index in [1.54, 1.807) is 13.0 Å². The van der Waals surface area contributed by atoms with Crippen molar-refractivity contribution in [2.24, 2.45) is 5.92 Å². The zero-order valence-corrected chi connectivity index (χ0v) is 17.2. The highest BCUT2D eigenvalue weighted by Gasteiger charge is 2.34. The molecule has 29 heavy (non-hydrogen) atoms. The fourth-order valence-corrected chi connectivity index (χ4v) is 4.29. The van der Waals surface area contributed by atoms with Gasteiger partial charge in [0.15, 0.2) is 0 Å². The van der Waals surface area contributed by atoms with Gasteiger partial charge in [-0.05, 0) is 43.2 Å². The van der Waals surface area contributed by atoms with Crippen LogP contribution in [0.1, 0.15) is 38.2 Å². The van der Waals surface area contributed by atoms with E-state index in [1.807, 2.05) is 30.3 Å². The van der Waals surface area contributed by atoms with Gasteiger partial charge < -0.3 is 10.6 Å². The van der Waals surface area contributed by atoms with Crippen molar-refractivity contribution in [3.63, 3.8) is 0 Å². The quantitative estimate of drug-likeness (QED) is 0.667. The molecule has 1 atom stereocenters. The van der Waals surface area contributed by atoms with E-state index >= 15 is 0 Å². The SMILES string of the molecule is CC(NC(=O)C1CCCC1)C(=O)NCCN1C(=O)SC(=Cc2ccccc2)C1=O. The zero-order chi connectivity index (χ0) is 20.8. The average Bonchev–Trinajstić information content (AvgIpc) is 3.33. The van der Waals surface area contributed by atoms with E-state index in [1.165, 1.54) is 0 Å². The molecule has 1 aromatic carbocycles. The predicted molar refractivity (Wildman–Crippen MR) is 112 cm³/mol. The van der Waals surface area contributed by atoms with E-state index in [4.69, 9.17) is 0 Å². The minimum atomic E-state index is -0.656. The van der Waals surface area contributed by atoms with Crippen molar-refractivity contribution < 1.29 is 19.2 Å². The normalized spacial score (nSPS) is 19.6. The van der Waals surface area contributed by atoms with Crippen LogP contribution in [0.25, 0.3) is 6.08 Å². The number of carbonyl (C=O) groups excluding carboxylic acids is 4. The first-order chi connectivity index (χ1) is 14.0. The summed E-state index contributed by atoms with van der Waals surface area (Å²) in [5.74, 6) is -0.775. The summed E-state index contributed by atoms with van der Waals surface area (Å²) >= 11 is 0.893. The lowest BCUT2D eigenvalue weighted by molar-refractivity contribution is -0.130. The van der Waals surface area contributed by atoms with Gasteiger partial charge in [-0.25, -0.2) is 0 Å². The van der Waals surface area contributed by atoms with Crippen LogP contribution in [0.4, 0.5) is 4.79 Å². The van der Waals surface area contributed by atoms with Crippen molar-refractivity contribution in [2.75, 3.05) is 13.1 Å². The maximum atomic E-state index is 12.5. The van der Waals surface area contributed by atoms with E-state index in [0.717, 1.165) is 47.9 Å². The van der Waals surface area contributed by atoms with Gasteiger partial charge in [0.1, 0.15) is 6.04 Å². The Bertz CT molecular complexity index is 818. The largest absolute Gasteiger partial charge is 0.353 e. The lowest BCUT2D eigenvalue weighted by Crippen LogP contribution is -2.48. The standard InChI is InChI=1S/C21H25N3O4S/c1-14(23-19(26)16-9-5-6-10-16)18(25)22-11-12-24-20(27)17(29-21(24)28)13-15-7-3-2-4-8-15/h2-4,7-8,13-14,16H,5-6,9-12H2,1H3,(H,22,25)(H,23,26). The molecule has 1 saturated carbocycles.